The lowest BCUT2D eigenvalue weighted by Crippen LogP contribution is -2.21. The van der Waals surface area contributed by atoms with Gasteiger partial charge in [-0.3, -0.25) is 4.79 Å². The lowest BCUT2D eigenvalue weighted by atomic mass is 9.90. The third-order valence-electron chi connectivity index (χ3n) is 4.15. The molecule has 0 aromatic carbocycles. The number of rotatable bonds is 3. The molecule has 1 saturated carbocycles. The third kappa shape index (κ3) is 1.72. The fourth-order valence-electron chi connectivity index (χ4n) is 3.00. The van der Waals surface area contributed by atoms with Crippen molar-refractivity contribution in [1.29, 1.82) is 0 Å². The Morgan fingerprint density at radius 1 is 1.36 bits per heavy atom. The number of Topliss-reactive ketones (excluding diaryl/α,β-unsaturated/α-hetero) is 1. The van der Waals surface area contributed by atoms with Crippen LogP contribution in [0.5, 0.6) is 0 Å². The van der Waals surface area contributed by atoms with Crippen LogP contribution >= 0.6 is 0 Å². The molecular weight excluding hydrogens is 174 g/mol. The fraction of sp³-hybridized carbons (Fsp3) is 0.917. The van der Waals surface area contributed by atoms with Gasteiger partial charge < -0.3 is 5.32 Å². The van der Waals surface area contributed by atoms with Gasteiger partial charge in [0.05, 0.1) is 0 Å². The van der Waals surface area contributed by atoms with Gasteiger partial charge in [-0.05, 0) is 44.2 Å². The van der Waals surface area contributed by atoms with Crippen molar-refractivity contribution < 1.29 is 4.79 Å². The molecule has 1 aliphatic heterocycles. The Labute approximate surface area is 86.5 Å². The normalized spacial score (nSPS) is 38.3. The van der Waals surface area contributed by atoms with Crippen molar-refractivity contribution in [2.24, 2.45) is 23.7 Å². The molecule has 0 amide bonds. The quantitative estimate of drug-likeness (QED) is 0.744. The molecule has 14 heavy (non-hydrogen) atoms. The van der Waals surface area contributed by atoms with E-state index < -0.39 is 0 Å². The molecular formula is C12H21NO. The van der Waals surface area contributed by atoms with Crippen LogP contribution in [-0.4, -0.2) is 18.9 Å². The van der Waals surface area contributed by atoms with E-state index in [1.54, 1.807) is 0 Å². The van der Waals surface area contributed by atoms with E-state index in [1.807, 2.05) is 0 Å². The van der Waals surface area contributed by atoms with E-state index >= 15 is 0 Å². The minimum atomic E-state index is 0.284. The largest absolute Gasteiger partial charge is 0.316 e. The molecule has 1 saturated heterocycles. The number of hydrogen-bond donors (Lipinski definition) is 1. The van der Waals surface area contributed by atoms with E-state index in [1.165, 1.54) is 0 Å². The van der Waals surface area contributed by atoms with Gasteiger partial charge in [-0.2, -0.15) is 0 Å². The van der Waals surface area contributed by atoms with Crippen LogP contribution in [0.4, 0.5) is 0 Å². The summed E-state index contributed by atoms with van der Waals surface area (Å²) < 4.78 is 0. The first-order valence-corrected chi connectivity index (χ1v) is 5.96. The standard InChI is InChI=1S/C12H21NO/c1-3-8(2)12(14)9-4-10-6-13-7-11(10)5-9/h8-11,13H,3-7H2,1-2H3/t8?,9?,10-,11+. The van der Waals surface area contributed by atoms with Gasteiger partial charge in [0.1, 0.15) is 5.78 Å². The van der Waals surface area contributed by atoms with Crippen LogP contribution in [0.15, 0.2) is 0 Å². The zero-order chi connectivity index (χ0) is 10.1. The van der Waals surface area contributed by atoms with E-state index in [0.717, 1.165) is 44.2 Å². The second-order valence-electron chi connectivity index (χ2n) is 5.06. The summed E-state index contributed by atoms with van der Waals surface area (Å²) in [5.41, 5.74) is 0. The summed E-state index contributed by atoms with van der Waals surface area (Å²) >= 11 is 0. The lowest BCUT2D eigenvalue weighted by Gasteiger charge is -2.14. The van der Waals surface area contributed by atoms with Gasteiger partial charge in [0.15, 0.2) is 0 Å². The van der Waals surface area contributed by atoms with E-state index in [9.17, 15) is 4.79 Å². The highest BCUT2D eigenvalue weighted by atomic mass is 16.1. The molecule has 2 aliphatic rings. The van der Waals surface area contributed by atoms with Gasteiger partial charge in [0, 0.05) is 11.8 Å². The summed E-state index contributed by atoms with van der Waals surface area (Å²) in [7, 11) is 0. The number of carbonyl (C=O) groups is 1. The highest BCUT2D eigenvalue weighted by molar-refractivity contribution is 5.83. The summed E-state index contributed by atoms with van der Waals surface area (Å²) in [6, 6.07) is 0. The summed E-state index contributed by atoms with van der Waals surface area (Å²) in [5, 5.41) is 3.42. The molecule has 1 N–H and O–H groups in total. The maximum atomic E-state index is 12.0. The highest BCUT2D eigenvalue weighted by Crippen LogP contribution is 2.40. The van der Waals surface area contributed by atoms with Crippen LogP contribution in [0, 0.1) is 23.7 Å². The fourth-order valence-corrected chi connectivity index (χ4v) is 3.00. The molecule has 0 radical (unpaired) electrons. The molecule has 80 valence electrons. The van der Waals surface area contributed by atoms with Gasteiger partial charge in [-0.15, -0.1) is 0 Å². The molecule has 2 unspecified atom stereocenters. The molecule has 0 aromatic heterocycles. The summed E-state index contributed by atoms with van der Waals surface area (Å²) in [6.07, 6.45) is 3.31. The Bertz CT molecular complexity index is 214. The van der Waals surface area contributed by atoms with E-state index in [4.69, 9.17) is 0 Å². The molecule has 0 spiro atoms. The molecule has 4 atom stereocenters. The molecule has 2 rings (SSSR count). The van der Waals surface area contributed by atoms with Crippen molar-refractivity contribution in [1.82, 2.24) is 5.32 Å². The van der Waals surface area contributed by atoms with Gasteiger partial charge in [0.25, 0.3) is 0 Å². The predicted molar refractivity (Wildman–Crippen MR) is 57.0 cm³/mol. The molecule has 2 nitrogen and oxygen atoms in total. The molecule has 0 bridgehead atoms. The zero-order valence-corrected chi connectivity index (χ0v) is 9.25. The Hall–Kier alpha value is -0.370. The molecule has 1 heterocycles. The first kappa shape index (κ1) is 10.2. The van der Waals surface area contributed by atoms with E-state index in [-0.39, 0.29) is 5.92 Å². The number of hydrogen-bond acceptors (Lipinski definition) is 2. The number of carbonyl (C=O) groups excluding carboxylic acids is 1. The van der Waals surface area contributed by atoms with Crippen molar-refractivity contribution in [3.8, 4) is 0 Å². The van der Waals surface area contributed by atoms with Gasteiger partial charge in [-0.25, -0.2) is 0 Å². The van der Waals surface area contributed by atoms with Crippen molar-refractivity contribution in [2.45, 2.75) is 33.1 Å². The van der Waals surface area contributed by atoms with Crippen LogP contribution in [0.25, 0.3) is 0 Å². The van der Waals surface area contributed by atoms with Crippen LogP contribution in [0.2, 0.25) is 0 Å². The minimum Gasteiger partial charge on any atom is -0.316 e. The maximum absolute atomic E-state index is 12.0. The zero-order valence-electron chi connectivity index (χ0n) is 9.25. The predicted octanol–water partition coefficient (Wildman–Crippen LogP) is 1.85. The van der Waals surface area contributed by atoms with Gasteiger partial charge in [-0.1, -0.05) is 13.8 Å². The van der Waals surface area contributed by atoms with E-state index in [2.05, 4.69) is 19.2 Å². The van der Waals surface area contributed by atoms with Crippen LogP contribution in [-0.2, 0) is 4.79 Å². The first-order valence-electron chi connectivity index (χ1n) is 5.96. The lowest BCUT2D eigenvalue weighted by molar-refractivity contribution is -0.126. The molecule has 2 fully saturated rings. The Kier molecular flexibility index (Phi) is 2.91. The van der Waals surface area contributed by atoms with E-state index in [0.29, 0.717) is 11.7 Å². The Balaban J connectivity index is 1.92. The Morgan fingerprint density at radius 3 is 2.43 bits per heavy atom. The summed E-state index contributed by atoms with van der Waals surface area (Å²) in [6.45, 7) is 6.48. The average Bonchev–Trinajstić information content (AvgIpc) is 2.74. The molecule has 1 aliphatic carbocycles. The van der Waals surface area contributed by atoms with Crippen molar-refractivity contribution in [2.75, 3.05) is 13.1 Å². The smallest absolute Gasteiger partial charge is 0.138 e. The van der Waals surface area contributed by atoms with Crippen LogP contribution in [0.3, 0.4) is 0 Å². The topological polar surface area (TPSA) is 29.1 Å². The Morgan fingerprint density at radius 2 is 1.93 bits per heavy atom. The third-order valence-corrected chi connectivity index (χ3v) is 4.15. The minimum absolute atomic E-state index is 0.284. The monoisotopic (exact) mass is 195 g/mol. The van der Waals surface area contributed by atoms with Crippen LogP contribution in [0.1, 0.15) is 33.1 Å². The number of nitrogens with one attached hydrogen (secondary N) is 1. The van der Waals surface area contributed by atoms with Crippen molar-refractivity contribution in [3.63, 3.8) is 0 Å². The van der Waals surface area contributed by atoms with Crippen LogP contribution < -0.4 is 5.32 Å². The van der Waals surface area contributed by atoms with Gasteiger partial charge in [0.2, 0.25) is 0 Å². The van der Waals surface area contributed by atoms with Gasteiger partial charge >= 0.3 is 0 Å². The highest BCUT2D eigenvalue weighted by Gasteiger charge is 2.40. The number of fused-ring (bicyclic) bond motifs is 1. The molecule has 0 aromatic rings. The molecule has 2 heteroatoms. The van der Waals surface area contributed by atoms with Crippen molar-refractivity contribution >= 4 is 5.78 Å². The second kappa shape index (κ2) is 4.01. The summed E-state index contributed by atoms with van der Waals surface area (Å²) in [4.78, 5) is 12.0. The SMILES string of the molecule is CCC(C)C(=O)C1C[C@H]2CNC[C@H]2C1. The summed E-state index contributed by atoms with van der Waals surface area (Å²) in [5.74, 6) is 2.80. The first-order chi connectivity index (χ1) is 6.72. The number of ketones is 1. The average molecular weight is 195 g/mol. The maximum Gasteiger partial charge on any atom is 0.138 e. The second-order valence-corrected chi connectivity index (χ2v) is 5.06. The van der Waals surface area contributed by atoms with Crippen molar-refractivity contribution in [3.05, 3.63) is 0 Å².